The molecule has 0 heterocycles. The van der Waals surface area contributed by atoms with Crippen molar-refractivity contribution in [3.05, 3.63) is 75.3 Å². The summed E-state index contributed by atoms with van der Waals surface area (Å²) in [5, 5.41) is 13.9. The smallest absolute Gasteiger partial charge is 0.292 e. The zero-order valence-corrected chi connectivity index (χ0v) is 11.6. The van der Waals surface area contributed by atoms with Gasteiger partial charge in [0.2, 0.25) is 5.91 Å². The van der Waals surface area contributed by atoms with E-state index in [-0.39, 0.29) is 11.4 Å². The molecular formula is C15H11ClN2O3. The van der Waals surface area contributed by atoms with E-state index in [0.29, 0.717) is 5.02 Å². The normalized spacial score (nSPS) is 10.5. The summed E-state index contributed by atoms with van der Waals surface area (Å²) in [6, 6.07) is 12.9. The van der Waals surface area contributed by atoms with Crippen LogP contribution in [0.25, 0.3) is 6.08 Å². The molecule has 1 N–H and O–H groups in total. The van der Waals surface area contributed by atoms with Crippen LogP contribution in [0, 0.1) is 10.1 Å². The van der Waals surface area contributed by atoms with Crippen molar-refractivity contribution in [2.24, 2.45) is 0 Å². The van der Waals surface area contributed by atoms with Crippen LogP contribution in [0.2, 0.25) is 5.02 Å². The molecule has 0 unspecified atom stereocenters. The third-order valence-corrected chi connectivity index (χ3v) is 2.91. The lowest BCUT2D eigenvalue weighted by atomic mass is 10.2. The summed E-state index contributed by atoms with van der Waals surface area (Å²) in [6.07, 6.45) is 2.90. The predicted molar refractivity (Wildman–Crippen MR) is 82.2 cm³/mol. The first-order valence-corrected chi connectivity index (χ1v) is 6.42. The van der Waals surface area contributed by atoms with Crippen LogP contribution in [-0.2, 0) is 4.79 Å². The molecule has 21 heavy (non-hydrogen) atoms. The second-order valence-corrected chi connectivity index (χ2v) is 4.58. The molecule has 6 heteroatoms. The number of nitro groups is 1. The summed E-state index contributed by atoms with van der Waals surface area (Å²) in [6.45, 7) is 0. The van der Waals surface area contributed by atoms with Gasteiger partial charge in [0.25, 0.3) is 5.69 Å². The van der Waals surface area contributed by atoms with E-state index >= 15 is 0 Å². The SMILES string of the molecule is O=C(/C=C/c1ccc(Cl)cc1)Nc1ccccc1[N+](=O)[O-]. The molecule has 1 amide bonds. The number of benzene rings is 2. The van der Waals surface area contributed by atoms with Crippen molar-refractivity contribution in [2.45, 2.75) is 0 Å². The van der Waals surface area contributed by atoms with E-state index in [0.717, 1.165) is 5.56 Å². The molecule has 0 spiro atoms. The van der Waals surface area contributed by atoms with Gasteiger partial charge in [-0.1, -0.05) is 35.9 Å². The summed E-state index contributed by atoms with van der Waals surface area (Å²) >= 11 is 5.76. The molecule has 0 saturated carbocycles. The molecule has 0 aliphatic heterocycles. The minimum atomic E-state index is -0.543. The molecule has 2 rings (SSSR count). The average molecular weight is 303 g/mol. The number of amides is 1. The Morgan fingerprint density at radius 3 is 2.48 bits per heavy atom. The van der Waals surface area contributed by atoms with E-state index in [1.54, 1.807) is 36.4 Å². The fraction of sp³-hybridized carbons (Fsp3) is 0. The Kier molecular flexibility index (Phi) is 4.68. The summed E-state index contributed by atoms with van der Waals surface area (Å²) in [4.78, 5) is 22.1. The Morgan fingerprint density at radius 1 is 1.14 bits per heavy atom. The van der Waals surface area contributed by atoms with Crippen molar-refractivity contribution in [3.63, 3.8) is 0 Å². The fourth-order valence-electron chi connectivity index (χ4n) is 1.66. The van der Waals surface area contributed by atoms with Crippen molar-refractivity contribution in [1.82, 2.24) is 0 Å². The van der Waals surface area contributed by atoms with Gasteiger partial charge < -0.3 is 5.32 Å². The maximum atomic E-state index is 11.8. The Morgan fingerprint density at radius 2 is 1.81 bits per heavy atom. The van der Waals surface area contributed by atoms with Crippen molar-refractivity contribution in [3.8, 4) is 0 Å². The fourth-order valence-corrected chi connectivity index (χ4v) is 1.78. The third kappa shape index (κ3) is 4.15. The number of nitro benzene ring substituents is 1. The summed E-state index contributed by atoms with van der Waals surface area (Å²) < 4.78 is 0. The van der Waals surface area contributed by atoms with Gasteiger partial charge in [-0.05, 0) is 29.8 Å². The highest BCUT2D eigenvalue weighted by molar-refractivity contribution is 6.30. The Bertz CT molecular complexity index is 696. The number of carbonyl (C=O) groups excluding carboxylic acids is 1. The molecule has 5 nitrogen and oxygen atoms in total. The number of nitrogens with zero attached hydrogens (tertiary/aromatic N) is 1. The lowest BCUT2D eigenvalue weighted by Crippen LogP contribution is -2.09. The molecule has 106 valence electrons. The maximum Gasteiger partial charge on any atom is 0.292 e. The highest BCUT2D eigenvalue weighted by Gasteiger charge is 2.13. The molecule has 0 aliphatic carbocycles. The minimum absolute atomic E-state index is 0.147. The Hall–Kier alpha value is -2.66. The summed E-state index contributed by atoms with van der Waals surface area (Å²) in [7, 11) is 0. The first kappa shape index (κ1) is 14.7. The molecule has 0 radical (unpaired) electrons. The van der Waals surface area contributed by atoms with Gasteiger partial charge in [0.05, 0.1) is 4.92 Å². The second-order valence-electron chi connectivity index (χ2n) is 4.15. The third-order valence-electron chi connectivity index (χ3n) is 2.66. The van der Waals surface area contributed by atoms with Crippen LogP contribution in [0.15, 0.2) is 54.6 Å². The van der Waals surface area contributed by atoms with Gasteiger partial charge >= 0.3 is 0 Å². The standard InChI is InChI=1S/C15H11ClN2O3/c16-12-8-5-11(6-9-12)7-10-15(19)17-13-3-1-2-4-14(13)18(20)21/h1-10H,(H,17,19)/b10-7+. The van der Waals surface area contributed by atoms with Crippen LogP contribution in [0.5, 0.6) is 0 Å². The van der Waals surface area contributed by atoms with Crippen molar-refractivity contribution >= 4 is 35.0 Å². The zero-order chi connectivity index (χ0) is 15.2. The molecule has 2 aromatic carbocycles. The van der Waals surface area contributed by atoms with E-state index in [1.165, 1.54) is 24.3 Å². The van der Waals surface area contributed by atoms with Gasteiger partial charge in [-0.2, -0.15) is 0 Å². The Balaban J connectivity index is 2.08. The van der Waals surface area contributed by atoms with Gasteiger partial charge in [-0.25, -0.2) is 0 Å². The van der Waals surface area contributed by atoms with Gasteiger partial charge in [0.15, 0.2) is 0 Å². The van der Waals surface area contributed by atoms with Crippen LogP contribution in [0.3, 0.4) is 0 Å². The number of nitrogens with one attached hydrogen (secondary N) is 1. The van der Waals surface area contributed by atoms with Crippen LogP contribution < -0.4 is 5.32 Å². The van der Waals surface area contributed by atoms with Crippen LogP contribution >= 0.6 is 11.6 Å². The first-order chi connectivity index (χ1) is 10.1. The van der Waals surface area contributed by atoms with Crippen molar-refractivity contribution in [1.29, 1.82) is 0 Å². The van der Waals surface area contributed by atoms with Crippen LogP contribution in [-0.4, -0.2) is 10.8 Å². The largest absolute Gasteiger partial charge is 0.317 e. The van der Waals surface area contributed by atoms with Gasteiger partial charge in [-0.3, -0.25) is 14.9 Å². The maximum absolute atomic E-state index is 11.8. The topological polar surface area (TPSA) is 72.2 Å². The van der Waals surface area contributed by atoms with Crippen molar-refractivity contribution in [2.75, 3.05) is 5.32 Å². The summed E-state index contributed by atoms with van der Waals surface area (Å²) in [5.74, 6) is -0.445. The average Bonchev–Trinajstić information content (AvgIpc) is 2.47. The number of halogens is 1. The molecule has 0 aliphatic rings. The van der Waals surface area contributed by atoms with E-state index in [4.69, 9.17) is 11.6 Å². The molecule has 0 fully saturated rings. The highest BCUT2D eigenvalue weighted by atomic mass is 35.5. The highest BCUT2D eigenvalue weighted by Crippen LogP contribution is 2.23. The molecule has 0 saturated heterocycles. The number of carbonyl (C=O) groups is 1. The first-order valence-electron chi connectivity index (χ1n) is 6.04. The molecule has 2 aromatic rings. The number of hydrogen-bond donors (Lipinski definition) is 1. The van der Waals surface area contributed by atoms with E-state index in [9.17, 15) is 14.9 Å². The molecular weight excluding hydrogens is 292 g/mol. The minimum Gasteiger partial charge on any atom is -0.317 e. The van der Waals surface area contributed by atoms with Crippen LogP contribution in [0.4, 0.5) is 11.4 Å². The van der Waals surface area contributed by atoms with E-state index < -0.39 is 10.8 Å². The van der Waals surface area contributed by atoms with E-state index in [2.05, 4.69) is 5.32 Å². The molecule has 0 atom stereocenters. The van der Waals surface area contributed by atoms with Gasteiger partial charge in [0.1, 0.15) is 5.69 Å². The Labute approximate surface area is 126 Å². The number of hydrogen-bond acceptors (Lipinski definition) is 3. The lowest BCUT2D eigenvalue weighted by Gasteiger charge is -2.02. The molecule has 0 aromatic heterocycles. The zero-order valence-electron chi connectivity index (χ0n) is 10.8. The number of rotatable bonds is 4. The van der Waals surface area contributed by atoms with E-state index in [1.807, 2.05) is 0 Å². The lowest BCUT2D eigenvalue weighted by molar-refractivity contribution is -0.383. The predicted octanol–water partition coefficient (Wildman–Crippen LogP) is 3.90. The van der Waals surface area contributed by atoms with Gasteiger partial charge in [0, 0.05) is 17.2 Å². The van der Waals surface area contributed by atoms with Crippen molar-refractivity contribution < 1.29 is 9.72 Å². The molecule has 0 bridgehead atoms. The summed E-state index contributed by atoms with van der Waals surface area (Å²) in [5.41, 5.74) is 0.816. The quantitative estimate of drug-likeness (QED) is 0.529. The van der Waals surface area contributed by atoms with Gasteiger partial charge in [-0.15, -0.1) is 0 Å². The monoisotopic (exact) mass is 302 g/mol. The van der Waals surface area contributed by atoms with Crippen LogP contribution in [0.1, 0.15) is 5.56 Å². The second kappa shape index (κ2) is 6.67. The number of anilines is 1. The number of para-hydroxylation sites is 2.